The van der Waals surface area contributed by atoms with Gasteiger partial charge in [-0.3, -0.25) is 14.7 Å². The number of hydrogen-bond acceptors (Lipinski definition) is 8. The fourth-order valence-electron chi connectivity index (χ4n) is 4.75. The van der Waals surface area contributed by atoms with Crippen LogP contribution in [0, 0.1) is 6.92 Å². The Morgan fingerprint density at radius 2 is 2.22 bits per heavy atom. The van der Waals surface area contributed by atoms with Crippen molar-refractivity contribution in [3.8, 4) is 5.75 Å². The number of nitrogens with one attached hydrogen (secondary N) is 2. The Morgan fingerprint density at radius 1 is 1.33 bits per heavy atom. The number of oxazole rings is 1. The van der Waals surface area contributed by atoms with E-state index >= 15 is 0 Å². The summed E-state index contributed by atoms with van der Waals surface area (Å²) < 4.78 is 11.2. The minimum absolute atomic E-state index is 0.178. The smallest absolute Gasteiger partial charge is 0.270 e. The van der Waals surface area contributed by atoms with E-state index in [0.717, 1.165) is 49.4 Å². The lowest BCUT2D eigenvalue weighted by molar-refractivity contribution is 0.0837. The summed E-state index contributed by atoms with van der Waals surface area (Å²) >= 11 is 0. The van der Waals surface area contributed by atoms with Gasteiger partial charge in [0.2, 0.25) is 0 Å². The molecule has 5 rings (SSSR count). The zero-order chi connectivity index (χ0) is 24.9. The third-order valence-electron chi connectivity index (χ3n) is 7.01. The van der Waals surface area contributed by atoms with Gasteiger partial charge in [-0.15, -0.1) is 0 Å². The molecule has 1 atom stereocenters. The van der Waals surface area contributed by atoms with Gasteiger partial charge >= 0.3 is 0 Å². The number of pyridine rings is 1. The monoisotopic (exact) mass is 491 g/mol. The quantitative estimate of drug-likeness (QED) is 0.397. The number of ether oxygens (including phenoxy) is 1. The second-order valence-electron chi connectivity index (χ2n) is 9.63. The number of fused-ring (bicyclic) bond motifs is 1. The van der Waals surface area contributed by atoms with E-state index < -0.39 is 6.10 Å². The standard InChI is InChI=1S/C27H33N5O4/c1-18-24-8-10-32(14-19(24)5-6-26(18)35-16-23-13-28-17-36-23)15-22(33)12-30-27(34)25-11-21(7-9-29-25)31-20-3-2-4-20/h5-7,9,11,13,17,20,22,33H,2-4,8,10,12,14-16H2,1H3,(H,29,31)(H,30,34)/t22-/m0/s1. The Morgan fingerprint density at radius 3 is 3.00 bits per heavy atom. The largest absolute Gasteiger partial charge is 0.485 e. The number of amides is 1. The number of hydrogen-bond donors (Lipinski definition) is 3. The highest BCUT2D eigenvalue weighted by molar-refractivity contribution is 5.93. The molecule has 3 heterocycles. The molecular formula is C27H33N5O4. The molecule has 190 valence electrons. The number of nitrogens with zero attached hydrogens (tertiary/aromatic N) is 3. The molecule has 9 nitrogen and oxygen atoms in total. The van der Waals surface area contributed by atoms with Crippen LogP contribution in [0.2, 0.25) is 0 Å². The van der Waals surface area contributed by atoms with Gasteiger partial charge in [0.25, 0.3) is 5.91 Å². The molecule has 3 N–H and O–H groups in total. The van der Waals surface area contributed by atoms with Crippen LogP contribution in [0.1, 0.15) is 52.2 Å². The molecule has 0 spiro atoms. The Balaban J connectivity index is 1.10. The minimum atomic E-state index is -0.669. The van der Waals surface area contributed by atoms with Crippen LogP contribution in [0.3, 0.4) is 0 Å². The molecule has 1 aliphatic heterocycles. The van der Waals surface area contributed by atoms with Gasteiger partial charge in [-0.1, -0.05) is 6.07 Å². The van der Waals surface area contributed by atoms with Crippen molar-refractivity contribution in [3.05, 3.63) is 71.2 Å². The van der Waals surface area contributed by atoms with E-state index in [0.29, 0.717) is 30.6 Å². The van der Waals surface area contributed by atoms with Gasteiger partial charge < -0.3 is 24.9 Å². The number of aliphatic hydroxyl groups excluding tert-OH is 1. The summed E-state index contributed by atoms with van der Waals surface area (Å²) in [6.45, 7) is 4.68. The van der Waals surface area contributed by atoms with Crippen LogP contribution in [-0.4, -0.2) is 57.7 Å². The summed E-state index contributed by atoms with van der Waals surface area (Å²) in [6.07, 6.45) is 8.48. The van der Waals surface area contributed by atoms with E-state index in [1.54, 1.807) is 18.5 Å². The van der Waals surface area contributed by atoms with Gasteiger partial charge in [0.15, 0.2) is 12.2 Å². The van der Waals surface area contributed by atoms with Gasteiger partial charge in [0.1, 0.15) is 18.1 Å². The molecule has 0 radical (unpaired) electrons. The van der Waals surface area contributed by atoms with Crippen LogP contribution < -0.4 is 15.4 Å². The molecule has 3 aromatic rings. The number of benzene rings is 1. The molecule has 1 fully saturated rings. The lowest BCUT2D eigenvalue weighted by Gasteiger charge is -2.31. The third kappa shape index (κ3) is 5.85. The lowest BCUT2D eigenvalue weighted by Crippen LogP contribution is -2.42. The van der Waals surface area contributed by atoms with E-state index in [1.165, 1.54) is 23.9 Å². The van der Waals surface area contributed by atoms with Crippen LogP contribution in [0.5, 0.6) is 5.75 Å². The van der Waals surface area contributed by atoms with Gasteiger partial charge in [-0.25, -0.2) is 4.98 Å². The van der Waals surface area contributed by atoms with Crippen molar-refractivity contribution in [1.82, 2.24) is 20.2 Å². The molecule has 0 unspecified atom stereocenters. The van der Waals surface area contributed by atoms with Crippen molar-refractivity contribution in [2.75, 3.05) is 25.0 Å². The number of rotatable bonds is 10. The molecule has 0 saturated heterocycles. The van der Waals surface area contributed by atoms with Gasteiger partial charge in [-0.2, -0.15) is 0 Å². The number of β-amino-alcohol motifs (C(OH)–C–C–N with tert-alkyl or cyclic N) is 1. The first kappa shape index (κ1) is 24.3. The Kier molecular flexibility index (Phi) is 7.48. The fourth-order valence-corrected chi connectivity index (χ4v) is 4.75. The number of anilines is 1. The lowest BCUT2D eigenvalue weighted by atomic mass is 9.93. The van der Waals surface area contributed by atoms with Crippen LogP contribution >= 0.6 is 0 Å². The Labute approximate surface area is 210 Å². The number of aromatic nitrogens is 2. The van der Waals surface area contributed by atoms with Crippen molar-refractivity contribution in [2.24, 2.45) is 0 Å². The average molecular weight is 492 g/mol. The fraction of sp³-hybridized carbons (Fsp3) is 0.444. The first-order valence-corrected chi connectivity index (χ1v) is 12.6. The molecule has 36 heavy (non-hydrogen) atoms. The summed E-state index contributed by atoms with van der Waals surface area (Å²) in [7, 11) is 0. The second-order valence-corrected chi connectivity index (χ2v) is 9.63. The maximum Gasteiger partial charge on any atom is 0.270 e. The maximum atomic E-state index is 12.6. The third-order valence-corrected chi connectivity index (χ3v) is 7.01. The van der Waals surface area contributed by atoms with Crippen molar-refractivity contribution in [2.45, 2.75) is 57.9 Å². The van der Waals surface area contributed by atoms with Gasteiger partial charge in [-0.05, 0) is 67.5 Å². The van der Waals surface area contributed by atoms with Crippen LogP contribution in [0.25, 0.3) is 0 Å². The van der Waals surface area contributed by atoms with Crippen LogP contribution in [0.4, 0.5) is 5.69 Å². The number of aliphatic hydroxyl groups is 1. The highest BCUT2D eigenvalue weighted by atomic mass is 16.5. The van der Waals surface area contributed by atoms with Gasteiger partial charge in [0, 0.05) is 44.1 Å². The highest BCUT2D eigenvalue weighted by Crippen LogP contribution is 2.30. The maximum absolute atomic E-state index is 12.6. The normalized spacial score (nSPS) is 16.6. The zero-order valence-electron chi connectivity index (χ0n) is 20.6. The molecule has 1 amide bonds. The molecule has 1 aliphatic carbocycles. The molecule has 0 bridgehead atoms. The molecule has 2 aliphatic rings. The van der Waals surface area contributed by atoms with E-state index in [9.17, 15) is 9.90 Å². The number of carbonyl (C=O) groups excluding carboxylic acids is 1. The molecule has 9 heteroatoms. The second kappa shape index (κ2) is 11.1. The van der Waals surface area contributed by atoms with E-state index in [2.05, 4.69) is 38.5 Å². The Bertz CT molecular complexity index is 1180. The molecule has 2 aromatic heterocycles. The molecule has 1 saturated carbocycles. The van der Waals surface area contributed by atoms with Crippen molar-refractivity contribution in [3.63, 3.8) is 0 Å². The minimum Gasteiger partial charge on any atom is -0.485 e. The zero-order valence-corrected chi connectivity index (χ0v) is 20.6. The van der Waals surface area contributed by atoms with Crippen LogP contribution in [0.15, 0.2) is 47.5 Å². The van der Waals surface area contributed by atoms with E-state index in [4.69, 9.17) is 9.15 Å². The van der Waals surface area contributed by atoms with E-state index in [-0.39, 0.29) is 12.5 Å². The molecular weight excluding hydrogens is 458 g/mol. The SMILES string of the molecule is Cc1c(OCc2cnco2)ccc2c1CCN(C[C@@H](O)CNC(=O)c1cc(NC3CCC3)ccn1)C2. The predicted molar refractivity (Wildman–Crippen MR) is 135 cm³/mol. The first-order chi connectivity index (χ1) is 17.5. The van der Waals surface area contributed by atoms with Crippen molar-refractivity contribution < 1.29 is 19.1 Å². The average Bonchev–Trinajstić information content (AvgIpc) is 3.38. The van der Waals surface area contributed by atoms with Crippen LogP contribution in [-0.2, 0) is 19.6 Å². The number of carbonyl (C=O) groups is 1. The Hall–Kier alpha value is -3.43. The van der Waals surface area contributed by atoms with Crippen molar-refractivity contribution >= 4 is 11.6 Å². The van der Waals surface area contributed by atoms with Crippen molar-refractivity contribution in [1.29, 1.82) is 0 Å². The van der Waals surface area contributed by atoms with E-state index in [1.807, 2.05) is 12.1 Å². The topological polar surface area (TPSA) is 113 Å². The summed E-state index contributed by atoms with van der Waals surface area (Å²) in [5.41, 5.74) is 4.94. The summed E-state index contributed by atoms with van der Waals surface area (Å²) in [5.74, 6) is 1.26. The molecule has 1 aromatic carbocycles. The predicted octanol–water partition coefficient (Wildman–Crippen LogP) is 3.07. The summed E-state index contributed by atoms with van der Waals surface area (Å²) in [4.78, 5) is 22.9. The summed E-state index contributed by atoms with van der Waals surface area (Å²) in [5, 5.41) is 16.8. The highest BCUT2D eigenvalue weighted by Gasteiger charge is 2.22. The first-order valence-electron chi connectivity index (χ1n) is 12.6. The van der Waals surface area contributed by atoms with Gasteiger partial charge in [0.05, 0.1) is 12.3 Å². The summed E-state index contributed by atoms with van der Waals surface area (Å²) in [6, 6.07) is 8.22.